The third-order valence-corrected chi connectivity index (χ3v) is 17.4. The van der Waals surface area contributed by atoms with E-state index in [1.807, 2.05) is 13.8 Å². The monoisotopic (exact) mass is 1200 g/mol. The van der Waals surface area contributed by atoms with E-state index in [1.54, 1.807) is 24.6 Å². The zero-order chi connectivity index (χ0) is 61.6. The van der Waals surface area contributed by atoms with E-state index in [9.17, 15) is 50.7 Å². The summed E-state index contributed by atoms with van der Waals surface area (Å²) < 4.78 is 106. The highest BCUT2D eigenvalue weighted by Gasteiger charge is 2.50. The molecule has 5 fully saturated rings. The summed E-state index contributed by atoms with van der Waals surface area (Å²) in [5.41, 5.74) is 0.706. The number of nitrogens with zero attached hydrogens (tertiary/aromatic N) is 6. The molecular formula is C62H72F7N11O6. The second-order valence-corrected chi connectivity index (χ2v) is 24.6. The Kier molecular flexibility index (Phi) is 17.8. The van der Waals surface area contributed by atoms with Crippen molar-refractivity contribution in [2.45, 2.75) is 160 Å². The van der Waals surface area contributed by atoms with Crippen LogP contribution < -0.4 is 26.6 Å². The number of hydrogen-bond acceptors (Lipinski definition) is 9. The van der Waals surface area contributed by atoms with E-state index in [-0.39, 0.29) is 86.8 Å². The van der Waals surface area contributed by atoms with Crippen LogP contribution in [0.2, 0.25) is 0 Å². The van der Waals surface area contributed by atoms with Gasteiger partial charge in [-0.3, -0.25) is 43.1 Å². The summed E-state index contributed by atoms with van der Waals surface area (Å²) in [6.07, 6.45) is 0.399. The van der Waals surface area contributed by atoms with E-state index in [0.29, 0.717) is 5.56 Å². The lowest BCUT2D eigenvalue weighted by Gasteiger charge is -2.28. The first-order valence-corrected chi connectivity index (χ1v) is 29.7. The van der Waals surface area contributed by atoms with Gasteiger partial charge in [-0.1, -0.05) is 12.1 Å². The number of halogens is 7. The fourth-order valence-electron chi connectivity index (χ4n) is 12.0. The summed E-state index contributed by atoms with van der Waals surface area (Å²) in [6.45, 7) is 9.32. The number of amides is 6. The molecule has 24 heteroatoms. The Balaban J connectivity index is 0.785. The highest BCUT2D eigenvalue weighted by molar-refractivity contribution is 6.02. The molecule has 4 aliphatic carbocycles. The van der Waals surface area contributed by atoms with Crippen LogP contribution >= 0.6 is 0 Å². The lowest BCUT2D eigenvalue weighted by atomic mass is 9.88. The molecule has 1 aliphatic heterocycles. The standard InChI is InChI=1S/C62H72F7N11O6/c1-30(2)79-49(21-22-71-79)57(82)75-54(52(34-7-8-34)35-9-10-35)59(84)72-46-19-16-38(23-42(46)63)32(5)56(81)74-51(62(67,68)69)25-41-18-15-40(27-70-41)48-26-50(80(77-48)31(3)4)58(83)76-55(53(36-11-12-36)37-13-14-37)60(85)73-47-20-17-39(24-43(47)64)33(6)61(86)78-28-44(65)45(66)29-78/h15-24,26-27,30-37,44-45,51-55H,7-14,25,28-29H2,1-6H3,(H,72,84)(H,73,85)(H,74,81)(H,75,82)(H,76,83)/t32-,33-,44-,45+,51?,54-,55-/m0/s1. The smallest absolute Gasteiger partial charge is 0.344 e. The Bertz CT molecular complexity index is 3320. The topological polar surface area (TPSA) is 214 Å². The van der Waals surface area contributed by atoms with E-state index in [1.165, 1.54) is 73.4 Å². The molecular weight excluding hydrogens is 1130 g/mol. The lowest BCUT2D eigenvalue weighted by Crippen LogP contribution is -2.50. The van der Waals surface area contributed by atoms with Crippen LogP contribution in [0, 0.1) is 47.1 Å². The minimum atomic E-state index is -4.95. The molecule has 460 valence electrons. The number of benzene rings is 2. The maximum atomic E-state index is 15.9. The van der Waals surface area contributed by atoms with Gasteiger partial charge < -0.3 is 31.5 Å². The molecule has 5 N–H and O–H groups in total. The number of rotatable bonds is 24. The van der Waals surface area contributed by atoms with E-state index in [2.05, 4.69) is 41.8 Å². The van der Waals surface area contributed by atoms with Gasteiger partial charge in [0, 0.05) is 42.2 Å². The molecule has 1 saturated heterocycles. The first kappa shape index (κ1) is 61.4. The average molecular weight is 1200 g/mol. The second-order valence-electron chi connectivity index (χ2n) is 24.6. The largest absolute Gasteiger partial charge is 0.408 e. The van der Waals surface area contributed by atoms with Crippen molar-refractivity contribution in [2.75, 3.05) is 23.7 Å². The fourth-order valence-corrected chi connectivity index (χ4v) is 12.0. The molecule has 6 amide bonds. The van der Waals surface area contributed by atoms with Gasteiger partial charge in [0.05, 0.1) is 42.0 Å². The molecule has 3 aromatic heterocycles. The minimum Gasteiger partial charge on any atom is -0.344 e. The van der Waals surface area contributed by atoms with E-state index in [0.717, 1.165) is 68.4 Å². The van der Waals surface area contributed by atoms with Crippen molar-refractivity contribution < 1.29 is 59.5 Å². The van der Waals surface area contributed by atoms with Crippen LogP contribution in [0.3, 0.4) is 0 Å². The maximum Gasteiger partial charge on any atom is 0.408 e. The van der Waals surface area contributed by atoms with Gasteiger partial charge in [-0.05, 0) is 188 Å². The maximum absolute atomic E-state index is 15.9. The van der Waals surface area contributed by atoms with Crippen molar-refractivity contribution in [1.82, 2.24) is 45.4 Å². The highest BCUT2D eigenvalue weighted by atomic mass is 19.4. The summed E-state index contributed by atoms with van der Waals surface area (Å²) >= 11 is 0. The first-order chi connectivity index (χ1) is 40.8. The van der Waals surface area contributed by atoms with Crippen LogP contribution in [-0.2, 0) is 25.6 Å². The van der Waals surface area contributed by atoms with Crippen LogP contribution in [0.5, 0.6) is 0 Å². The Hall–Kier alpha value is -7.66. The van der Waals surface area contributed by atoms with Crippen LogP contribution in [-0.4, -0.2) is 115 Å². The number of carbonyl (C=O) groups is 6. The van der Waals surface area contributed by atoms with Gasteiger partial charge in [0.1, 0.15) is 41.1 Å². The SMILES string of the molecule is CC(C)n1nccc1C(=O)N[C@H](C(=O)Nc1ccc([C@H](C)C(=O)NC(Cc2ccc(-c3cc(C(=O)N[C@H](C(=O)Nc4ccc([C@H](C)C(=O)N5C[C@@H](F)[C@@H](F)C5)cc4F)C(C4CC4)C4CC4)n(C(C)C)n3)cn2)C(F)(F)F)cc1F)C(C1CC1)C1CC1. The molecule has 86 heavy (non-hydrogen) atoms. The Morgan fingerprint density at radius 3 is 1.52 bits per heavy atom. The first-order valence-electron chi connectivity index (χ1n) is 29.7. The summed E-state index contributed by atoms with van der Waals surface area (Å²) in [7, 11) is 0. The summed E-state index contributed by atoms with van der Waals surface area (Å²) in [5.74, 6) is -7.77. The predicted molar refractivity (Wildman–Crippen MR) is 304 cm³/mol. The molecule has 4 saturated carbocycles. The fraction of sp³-hybridized carbons (Fsp3) is 0.532. The number of anilines is 2. The lowest BCUT2D eigenvalue weighted by molar-refractivity contribution is -0.162. The zero-order valence-corrected chi connectivity index (χ0v) is 48.6. The van der Waals surface area contributed by atoms with Crippen LogP contribution in [0.15, 0.2) is 73.1 Å². The third-order valence-electron chi connectivity index (χ3n) is 17.4. The molecule has 0 spiro atoms. The van der Waals surface area contributed by atoms with E-state index < -0.39 is 121 Å². The number of carbonyl (C=O) groups excluding carboxylic acids is 6. The van der Waals surface area contributed by atoms with Gasteiger partial charge in [-0.25, -0.2) is 17.6 Å². The molecule has 0 bridgehead atoms. The van der Waals surface area contributed by atoms with Crippen molar-refractivity contribution in [2.24, 2.45) is 35.5 Å². The molecule has 1 unspecified atom stereocenters. The number of alkyl halides is 5. The van der Waals surface area contributed by atoms with Crippen molar-refractivity contribution in [3.63, 3.8) is 0 Å². The second kappa shape index (κ2) is 25.0. The number of nitrogens with one attached hydrogen (secondary N) is 5. The van der Waals surface area contributed by atoms with Crippen molar-refractivity contribution in [3.05, 3.63) is 113 Å². The number of likely N-dealkylation sites (tertiary alicyclic amines) is 1. The van der Waals surface area contributed by atoms with Crippen molar-refractivity contribution in [1.29, 1.82) is 0 Å². The minimum absolute atomic E-state index is 0.0398. The van der Waals surface area contributed by atoms with Gasteiger partial charge in [0.2, 0.25) is 23.6 Å². The number of hydrogen-bond donors (Lipinski definition) is 5. The molecule has 17 nitrogen and oxygen atoms in total. The van der Waals surface area contributed by atoms with Gasteiger partial charge >= 0.3 is 6.18 Å². The van der Waals surface area contributed by atoms with Crippen molar-refractivity contribution in [3.8, 4) is 11.3 Å². The molecule has 2 aromatic carbocycles. The Morgan fingerprint density at radius 2 is 1.08 bits per heavy atom. The van der Waals surface area contributed by atoms with Crippen LogP contribution in [0.1, 0.15) is 155 Å². The van der Waals surface area contributed by atoms with Gasteiger partial charge in [-0.15, -0.1) is 0 Å². The number of aromatic nitrogens is 5. The summed E-state index contributed by atoms with van der Waals surface area (Å²) in [4.78, 5) is 88.2. The summed E-state index contributed by atoms with van der Waals surface area (Å²) in [5, 5.41) is 22.0. The number of pyridine rings is 1. The van der Waals surface area contributed by atoms with Crippen molar-refractivity contribution >= 4 is 46.8 Å². The van der Waals surface area contributed by atoms with Gasteiger partial charge in [-0.2, -0.15) is 23.4 Å². The van der Waals surface area contributed by atoms with Crippen LogP contribution in [0.4, 0.5) is 42.1 Å². The quantitative estimate of drug-likeness (QED) is 0.0371. The van der Waals surface area contributed by atoms with Gasteiger partial charge in [0.25, 0.3) is 11.8 Å². The average Bonchev–Trinajstić information content (AvgIpc) is 1.88. The molecule has 4 heterocycles. The highest BCUT2D eigenvalue weighted by Crippen LogP contribution is 2.52. The van der Waals surface area contributed by atoms with E-state index >= 15 is 8.78 Å². The Morgan fingerprint density at radius 1 is 0.593 bits per heavy atom. The van der Waals surface area contributed by atoms with Gasteiger partial charge in [0.15, 0.2) is 12.3 Å². The Labute approximate surface area is 493 Å². The van der Waals surface area contributed by atoms with E-state index in [4.69, 9.17) is 0 Å². The zero-order valence-electron chi connectivity index (χ0n) is 48.6. The normalized spacial score (nSPS) is 19.8. The van der Waals surface area contributed by atoms with Crippen LogP contribution in [0.25, 0.3) is 11.3 Å². The predicted octanol–water partition coefficient (Wildman–Crippen LogP) is 9.94. The summed E-state index contributed by atoms with van der Waals surface area (Å²) in [6, 6.07) is 8.21. The third kappa shape index (κ3) is 13.9. The molecule has 5 aliphatic rings. The molecule has 0 radical (unpaired) electrons. The molecule has 10 rings (SSSR count). The molecule has 7 atom stereocenters. The molecule has 5 aromatic rings.